The SMILES string of the molecule is C[C@@H]1CN([C@H](C)CO)C(=O)c2cc(NC(=O)NC3CCCCC3)ccc2O[C@@H](C)CCCCO[C@@H]1CN(C)S(=O)(=O)c1ccccc1. The number of fused-ring (bicyclic) bond motifs is 1. The van der Waals surface area contributed by atoms with Gasteiger partial charge in [-0.1, -0.05) is 44.4 Å². The number of hydrogen-bond acceptors (Lipinski definition) is 7. The second-order valence-corrected chi connectivity index (χ2v) is 15.1. The summed E-state index contributed by atoms with van der Waals surface area (Å²) in [4.78, 5) is 29.0. The molecule has 0 saturated heterocycles. The van der Waals surface area contributed by atoms with Crippen molar-refractivity contribution in [3.63, 3.8) is 0 Å². The van der Waals surface area contributed by atoms with E-state index in [1.807, 2.05) is 13.8 Å². The number of hydrogen-bond donors (Lipinski definition) is 3. The summed E-state index contributed by atoms with van der Waals surface area (Å²) in [6, 6.07) is 12.6. The fourth-order valence-corrected chi connectivity index (χ4v) is 7.39. The predicted molar refractivity (Wildman–Crippen MR) is 182 cm³/mol. The second kappa shape index (κ2) is 17.3. The standard InChI is InChI=1S/C35H52N4O7S/c1-25-22-39(26(2)24-40)34(41)31-21-29(37-35(42)36-28-14-7-5-8-15-28)18-19-32(31)46-27(3)13-11-12-20-45-33(25)23-38(4)47(43,44)30-16-9-6-10-17-30/h6,9-10,16-19,21,25-28,33,40H,5,7-8,11-15,20,22-24H2,1-4H3,(H2,36,37,42)/t25-,26-,27+,33-/m1/s1. The van der Waals surface area contributed by atoms with Gasteiger partial charge in [0.1, 0.15) is 5.75 Å². The summed E-state index contributed by atoms with van der Waals surface area (Å²) < 4.78 is 40.6. The third kappa shape index (κ3) is 10.2. The molecule has 1 heterocycles. The maximum absolute atomic E-state index is 14.3. The summed E-state index contributed by atoms with van der Waals surface area (Å²) in [6.45, 7) is 6.08. The van der Waals surface area contributed by atoms with Crippen molar-refractivity contribution in [1.29, 1.82) is 0 Å². The molecule has 2 aromatic rings. The first-order valence-electron chi connectivity index (χ1n) is 16.9. The largest absolute Gasteiger partial charge is 0.490 e. The van der Waals surface area contributed by atoms with Gasteiger partial charge in [-0.2, -0.15) is 4.31 Å². The molecule has 3 amide bonds. The van der Waals surface area contributed by atoms with Crippen molar-refractivity contribution in [2.75, 3.05) is 38.7 Å². The van der Waals surface area contributed by atoms with E-state index >= 15 is 0 Å². The lowest BCUT2D eigenvalue weighted by Crippen LogP contribution is -2.48. The van der Waals surface area contributed by atoms with E-state index in [1.54, 1.807) is 60.4 Å². The zero-order valence-electron chi connectivity index (χ0n) is 28.2. The molecule has 1 aliphatic heterocycles. The lowest BCUT2D eigenvalue weighted by Gasteiger charge is -2.35. The van der Waals surface area contributed by atoms with Crippen molar-refractivity contribution in [3.05, 3.63) is 54.1 Å². The van der Waals surface area contributed by atoms with Gasteiger partial charge in [-0.05, 0) is 76.3 Å². The maximum Gasteiger partial charge on any atom is 0.319 e. The van der Waals surface area contributed by atoms with Crippen LogP contribution in [-0.2, 0) is 14.8 Å². The summed E-state index contributed by atoms with van der Waals surface area (Å²) in [7, 11) is -2.22. The molecule has 11 nitrogen and oxygen atoms in total. The normalized spacial score (nSPS) is 22.9. The second-order valence-electron chi connectivity index (χ2n) is 13.0. The third-order valence-electron chi connectivity index (χ3n) is 9.14. The summed E-state index contributed by atoms with van der Waals surface area (Å²) in [5.41, 5.74) is 0.736. The first kappa shape index (κ1) is 36.6. The Morgan fingerprint density at radius 3 is 2.45 bits per heavy atom. The first-order valence-corrected chi connectivity index (χ1v) is 18.4. The van der Waals surface area contributed by atoms with Crippen LogP contribution in [0.4, 0.5) is 10.5 Å². The first-order chi connectivity index (χ1) is 22.5. The number of carbonyl (C=O) groups excluding carboxylic acids is 2. The fourth-order valence-electron chi connectivity index (χ4n) is 6.19. The quantitative estimate of drug-likeness (QED) is 0.348. The van der Waals surface area contributed by atoms with Crippen LogP contribution in [0.3, 0.4) is 0 Å². The highest BCUT2D eigenvalue weighted by atomic mass is 32.2. The highest BCUT2D eigenvalue weighted by molar-refractivity contribution is 7.89. The van der Waals surface area contributed by atoms with Crippen LogP contribution in [0.2, 0.25) is 0 Å². The molecule has 0 aromatic heterocycles. The van der Waals surface area contributed by atoms with E-state index in [1.165, 1.54) is 17.8 Å². The Morgan fingerprint density at radius 1 is 1.04 bits per heavy atom. The zero-order chi connectivity index (χ0) is 34.0. The monoisotopic (exact) mass is 672 g/mol. The summed E-state index contributed by atoms with van der Waals surface area (Å²) >= 11 is 0. The van der Waals surface area contributed by atoms with Gasteiger partial charge in [0.15, 0.2) is 0 Å². The topological polar surface area (TPSA) is 138 Å². The Hall–Kier alpha value is -3.19. The van der Waals surface area contributed by atoms with Gasteiger partial charge in [0, 0.05) is 44.4 Å². The highest BCUT2D eigenvalue weighted by Gasteiger charge is 2.32. The summed E-state index contributed by atoms with van der Waals surface area (Å²) in [5.74, 6) is -0.254. The number of carbonyl (C=O) groups is 2. The molecular formula is C35H52N4O7S. The van der Waals surface area contributed by atoms with Crippen molar-refractivity contribution >= 4 is 27.6 Å². The molecule has 1 saturated carbocycles. The molecule has 0 bridgehead atoms. The van der Waals surface area contributed by atoms with Gasteiger partial charge < -0.3 is 30.1 Å². The van der Waals surface area contributed by atoms with E-state index in [0.717, 1.165) is 44.9 Å². The number of likely N-dealkylation sites (N-methyl/N-ethyl adjacent to an activating group) is 1. The van der Waals surface area contributed by atoms with E-state index in [0.29, 0.717) is 18.0 Å². The third-order valence-corrected chi connectivity index (χ3v) is 11.0. The van der Waals surface area contributed by atoms with Crippen LogP contribution in [0.5, 0.6) is 5.75 Å². The fraction of sp³-hybridized carbons (Fsp3) is 0.600. The summed E-state index contributed by atoms with van der Waals surface area (Å²) in [5, 5.41) is 16.2. The van der Waals surface area contributed by atoms with Gasteiger partial charge in [-0.25, -0.2) is 13.2 Å². The minimum absolute atomic E-state index is 0.0915. The lowest BCUT2D eigenvalue weighted by atomic mass is 9.96. The van der Waals surface area contributed by atoms with Crippen LogP contribution in [-0.4, -0.2) is 92.3 Å². The van der Waals surface area contributed by atoms with Crippen LogP contribution in [0.15, 0.2) is 53.4 Å². The van der Waals surface area contributed by atoms with Gasteiger partial charge >= 0.3 is 6.03 Å². The van der Waals surface area contributed by atoms with Gasteiger partial charge in [0.25, 0.3) is 5.91 Å². The highest BCUT2D eigenvalue weighted by Crippen LogP contribution is 2.29. The summed E-state index contributed by atoms with van der Waals surface area (Å²) in [6.07, 6.45) is 6.85. The van der Waals surface area contributed by atoms with E-state index in [4.69, 9.17) is 9.47 Å². The average Bonchev–Trinajstić information content (AvgIpc) is 3.06. The Bertz CT molecular complexity index is 1420. The zero-order valence-corrected chi connectivity index (χ0v) is 29.0. The van der Waals surface area contributed by atoms with Crippen molar-refractivity contribution in [3.8, 4) is 5.75 Å². The number of urea groups is 1. The molecule has 0 radical (unpaired) electrons. The van der Waals surface area contributed by atoms with Crippen molar-refractivity contribution in [2.45, 2.75) is 101 Å². The molecule has 2 aliphatic rings. The molecule has 4 atom stereocenters. The molecule has 47 heavy (non-hydrogen) atoms. The van der Waals surface area contributed by atoms with E-state index in [2.05, 4.69) is 10.6 Å². The molecule has 2 aromatic carbocycles. The Morgan fingerprint density at radius 2 is 1.74 bits per heavy atom. The van der Waals surface area contributed by atoms with Crippen LogP contribution in [0.25, 0.3) is 0 Å². The number of anilines is 1. The Balaban J connectivity index is 1.60. The molecule has 12 heteroatoms. The number of aliphatic hydroxyl groups excluding tert-OH is 1. The van der Waals surface area contributed by atoms with Crippen LogP contribution >= 0.6 is 0 Å². The molecule has 0 unspecified atom stereocenters. The number of benzene rings is 2. The number of nitrogens with one attached hydrogen (secondary N) is 2. The predicted octanol–water partition coefficient (Wildman–Crippen LogP) is 5.26. The van der Waals surface area contributed by atoms with E-state index in [-0.39, 0.29) is 60.2 Å². The molecule has 4 rings (SSSR count). The minimum Gasteiger partial charge on any atom is -0.490 e. The number of amides is 3. The smallest absolute Gasteiger partial charge is 0.319 e. The molecule has 3 N–H and O–H groups in total. The van der Waals surface area contributed by atoms with Crippen LogP contribution in [0.1, 0.15) is 82.5 Å². The maximum atomic E-state index is 14.3. The lowest BCUT2D eigenvalue weighted by molar-refractivity contribution is -0.00833. The van der Waals surface area contributed by atoms with Gasteiger partial charge in [-0.3, -0.25) is 4.79 Å². The van der Waals surface area contributed by atoms with Crippen molar-refractivity contribution < 1.29 is 32.6 Å². The molecule has 260 valence electrons. The van der Waals surface area contributed by atoms with Crippen LogP contribution in [0, 0.1) is 5.92 Å². The van der Waals surface area contributed by atoms with Crippen molar-refractivity contribution in [1.82, 2.24) is 14.5 Å². The van der Waals surface area contributed by atoms with E-state index in [9.17, 15) is 23.1 Å². The van der Waals surface area contributed by atoms with E-state index < -0.39 is 22.2 Å². The molecule has 1 aliphatic carbocycles. The number of rotatable bonds is 8. The van der Waals surface area contributed by atoms with Gasteiger partial charge in [0.05, 0.1) is 35.3 Å². The number of ether oxygens (including phenoxy) is 2. The number of nitrogens with zero attached hydrogens (tertiary/aromatic N) is 2. The van der Waals surface area contributed by atoms with Crippen molar-refractivity contribution in [2.24, 2.45) is 5.92 Å². The van der Waals surface area contributed by atoms with Gasteiger partial charge in [0.2, 0.25) is 10.0 Å². The molecule has 0 spiro atoms. The Kier molecular flexibility index (Phi) is 13.5. The van der Waals surface area contributed by atoms with Gasteiger partial charge in [-0.15, -0.1) is 0 Å². The minimum atomic E-state index is -3.76. The average molecular weight is 673 g/mol. The number of sulfonamides is 1. The molecule has 1 fully saturated rings. The van der Waals surface area contributed by atoms with Crippen LogP contribution < -0.4 is 15.4 Å². The number of aliphatic hydroxyl groups is 1. The Labute approximate surface area is 280 Å². The molecular weight excluding hydrogens is 620 g/mol.